The smallest absolute Gasteiger partial charge is 0.259 e. The van der Waals surface area contributed by atoms with Crippen LogP contribution in [0.25, 0.3) is 33.3 Å². The van der Waals surface area contributed by atoms with E-state index in [2.05, 4.69) is 78.9 Å². The molecule has 4 aliphatic heterocycles. The first-order chi connectivity index (χ1) is 34.2. The zero-order chi connectivity index (χ0) is 51.9. The molecule has 386 valence electrons. The number of aldehydes is 1. The SMILES string of the molecule is C=CC(=O)N1CCC(O)(C(=O)N(C)[C@H](C(=O)N[C@H]2Cc3cccc(c3)-c3ccc4c(c3)c(c(-c3cc(C5CN(C)C5)cnc3[C@H](C)OC)n4CC)CC(C)(C)COC[C@@]3(C=O)CCCN(N3)C2=O)C(C)C)C1. The molecule has 16 nitrogen and oxygen atoms in total. The number of aromatic nitrogens is 2. The van der Waals surface area contributed by atoms with Gasteiger partial charge in [0.1, 0.15) is 23.9 Å². The second-order valence-corrected chi connectivity index (χ2v) is 21.9. The van der Waals surface area contributed by atoms with Gasteiger partial charge >= 0.3 is 0 Å². The van der Waals surface area contributed by atoms with Crippen LogP contribution < -0.4 is 10.7 Å². The van der Waals surface area contributed by atoms with Crippen LogP contribution in [0.1, 0.15) is 95.2 Å². The van der Waals surface area contributed by atoms with Crippen LogP contribution in [0, 0.1) is 11.3 Å². The molecule has 3 N–H and O–H groups in total. The molecule has 0 aliphatic carbocycles. The topological polar surface area (TPSA) is 179 Å². The van der Waals surface area contributed by atoms with Crippen molar-refractivity contribution in [2.75, 3.05) is 67.1 Å². The minimum Gasteiger partial charge on any atom is -0.378 e. The van der Waals surface area contributed by atoms with Gasteiger partial charge < -0.3 is 44.0 Å². The lowest BCUT2D eigenvalue weighted by atomic mass is 9.83. The molecule has 8 rings (SSSR count). The van der Waals surface area contributed by atoms with Crippen LogP contribution >= 0.6 is 0 Å². The number of hydrogen-bond donors (Lipinski definition) is 3. The van der Waals surface area contributed by atoms with Crippen LogP contribution in [0.15, 0.2) is 67.4 Å². The van der Waals surface area contributed by atoms with Gasteiger partial charge in [-0.2, -0.15) is 0 Å². The zero-order valence-corrected chi connectivity index (χ0v) is 43.6. The van der Waals surface area contributed by atoms with Gasteiger partial charge in [0, 0.05) is 88.3 Å². The fourth-order valence-electron chi connectivity index (χ4n) is 11.5. The number of aryl methyl sites for hydroxylation is 1. The molecule has 4 aliphatic rings. The third-order valence-electron chi connectivity index (χ3n) is 15.4. The van der Waals surface area contributed by atoms with Crippen molar-refractivity contribution in [3.05, 3.63) is 89.8 Å². The van der Waals surface area contributed by atoms with E-state index in [9.17, 15) is 29.1 Å². The van der Waals surface area contributed by atoms with Gasteiger partial charge in [-0.3, -0.25) is 29.2 Å². The highest BCUT2D eigenvalue weighted by Crippen LogP contribution is 2.43. The van der Waals surface area contributed by atoms with Crippen LogP contribution in [0.5, 0.6) is 0 Å². The van der Waals surface area contributed by atoms with E-state index in [0.717, 1.165) is 70.0 Å². The average molecular weight is 987 g/mol. The summed E-state index contributed by atoms with van der Waals surface area (Å²) in [5.41, 5.74) is 8.85. The molecule has 2 aromatic heterocycles. The van der Waals surface area contributed by atoms with E-state index in [-0.39, 0.29) is 45.2 Å². The number of fused-ring (bicyclic) bond motifs is 6. The van der Waals surface area contributed by atoms with Crippen LogP contribution in [0.4, 0.5) is 0 Å². The van der Waals surface area contributed by atoms with Crippen LogP contribution in [-0.4, -0.2) is 155 Å². The van der Waals surface area contributed by atoms with E-state index in [4.69, 9.17) is 14.5 Å². The van der Waals surface area contributed by atoms with Crippen LogP contribution in [0.2, 0.25) is 0 Å². The number of hydrazine groups is 1. The Hall–Kier alpha value is -5.78. The Kier molecular flexibility index (Phi) is 15.3. The summed E-state index contributed by atoms with van der Waals surface area (Å²) in [6.07, 6.45) is 5.38. The van der Waals surface area contributed by atoms with E-state index in [1.165, 1.54) is 33.0 Å². The number of carbonyl (C=O) groups is 5. The van der Waals surface area contributed by atoms with E-state index in [1.54, 1.807) is 21.0 Å². The maximum Gasteiger partial charge on any atom is 0.259 e. The number of β-amino-alcohol motifs (C(OH)–C–C–N with tert-alkyl or cyclic N) is 1. The molecule has 0 radical (unpaired) electrons. The van der Waals surface area contributed by atoms with Crippen molar-refractivity contribution in [2.45, 2.75) is 115 Å². The lowest BCUT2D eigenvalue weighted by molar-refractivity contribution is -0.156. The summed E-state index contributed by atoms with van der Waals surface area (Å²) in [4.78, 5) is 79.3. The first-order valence-electron chi connectivity index (χ1n) is 25.6. The molecule has 0 saturated carbocycles. The summed E-state index contributed by atoms with van der Waals surface area (Å²) in [5, 5.41) is 17.1. The molecule has 4 amide bonds. The summed E-state index contributed by atoms with van der Waals surface area (Å²) in [7, 11) is 5.32. The number of rotatable bonds is 12. The molecule has 2 aromatic carbocycles. The van der Waals surface area contributed by atoms with E-state index < -0.39 is 58.2 Å². The molecule has 4 aromatic rings. The molecular weight excluding hydrogens is 913 g/mol. The summed E-state index contributed by atoms with van der Waals surface area (Å²) in [5.74, 6) is -2.19. The number of carbonyl (C=O) groups excluding carboxylic acids is 5. The minimum absolute atomic E-state index is 0.00169. The third kappa shape index (κ3) is 10.4. The molecule has 72 heavy (non-hydrogen) atoms. The van der Waals surface area contributed by atoms with Crippen molar-refractivity contribution in [3.63, 3.8) is 0 Å². The fraction of sp³-hybridized carbons (Fsp3) is 0.536. The molecular formula is C56H74N8O8. The van der Waals surface area contributed by atoms with Gasteiger partial charge in [0.25, 0.3) is 11.8 Å². The van der Waals surface area contributed by atoms with Crippen LogP contribution in [0.3, 0.4) is 0 Å². The monoisotopic (exact) mass is 987 g/mol. The maximum atomic E-state index is 14.9. The van der Waals surface area contributed by atoms with Crippen molar-refractivity contribution in [1.29, 1.82) is 0 Å². The summed E-state index contributed by atoms with van der Waals surface area (Å²) < 4.78 is 15.0. The molecule has 5 atom stereocenters. The Labute approximate surface area is 424 Å². The number of nitrogens with one attached hydrogen (secondary N) is 2. The van der Waals surface area contributed by atoms with E-state index in [0.29, 0.717) is 38.3 Å². The zero-order valence-electron chi connectivity index (χ0n) is 43.6. The van der Waals surface area contributed by atoms with Crippen molar-refractivity contribution >= 4 is 40.8 Å². The highest BCUT2D eigenvalue weighted by atomic mass is 16.5. The van der Waals surface area contributed by atoms with Gasteiger partial charge in [-0.05, 0) is 104 Å². The largest absolute Gasteiger partial charge is 0.378 e. The van der Waals surface area contributed by atoms with Gasteiger partial charge in [0.05, 0.1) is 37.3 Å². The number of amides is 4. The van der Waals surface area contributed by atoms with Gasteiger partial charge in [-0.25, -0.2) is 5.43 Å². The third-order valence-corrected chi connectivity index (χ3v) is 15.4. The quantitative estimate of drug-likeness (QED) is 0.122. The van der Waals surface area contributed by atoms with Crippen LogP contribution in [-0.2, 0) is 52.8 Å². The van der Waals surface area contributed by atoms with Gasteiger partial charge in [-0.15, -0.1) is 0 Å². The van der Waals surface area contributed by atoms with Crippen molar-refractivity contribution < 1.29 is 38.6 Å². The normalized spacial score (nSPS) is 23.8. The maximum absolute atomic E-state index is 14.9. The van der Waals surface area contributed by atoms with Crippen molar-refractivity contribution in [2.24, 2.45) is 11.3 Å². The van der Waals surface area contributed by atoms with Crippen molar-refractivity contribution in [1.82, 2.24) is 40.0 Å². The summed E-state index contributed by atoms with van der Waals surface area (Å²) in [6, 6.07) is 14.7. The Balaban J connectivity index is 1.21. The predicted molar refractivity (Wildman–Crippen MR) is 276 cm³/mol. The Bertz CT molecular complexity index is 2730. The molecule has 3 saturated heterocycles. The first-order valence-corrected chi connectivity index (χ1v) is 25.6. The van der Waals surface area contributed by atoms with E-state index >= 15 is 0 Å². The Morgan fingerprint density at radius 2 is 1.82 bits per heavy atom. The molecule has 1 unspecified atom stereocenters. The minimum atomic E-state index is -1.91. The number of likely N-dealkylation sites (tertiary alicyclic amines) is 2. The molecule has 6 bridgehead atoms. The number of hydrogen-bond acceptors (Lipinski definition) is 11. The highest BCUT2D eigenvalue weighted by Gasteiger charge is 2.48. The number of nitrogens with zero attached hydrogens (tertiary/aromatic N) is 6. The second-order valence-electron chi connectivity index (χ2n) is 21.9. The summed E-state index contributed by atoms with van der Waals surface area (Å²) >= 11 is 0. The predicted octanol–water partition coefficient (Wildman–Crippen LogP) is 5.45. The molecule has 0 spiro atoms. The first kappa shape index (κ1) is 52.5. The second kappa shape index (κ2) is 21.0. The number of likely N-dealkylation sites (N-methyl/N-ethyl adjacent to an activating group) is 2. The molecule has 6 heterocycles. The average Bonchev–Trinajstić information content (AvgIpc) is 3.91. The lowest BCUT2D eigenvalue weighted by Gasteiger charge is -2.42. The van der Waals surface area contributed by atoms with Gasteiger partial charge in [0.2, 0.25) is 11.8 Å². The molecule has 16 heteroatoms. The Morgan fingerprint density at radius 1 is 1.07 bits per heavy atom. The highest BCUT2D eigenvalue weighted by molar-refractivity contribution is 5.97. The van der Waals surface area contributed by atoms with Gasteiger partial charge in [-0.1, -0.05) is 64.6 Å². The lowest BCUT2D eigenvalue weighted by Crippen LogP contribution is -2.66. The number of ether oxygens (including phenoxy) is 2. The number of pyridine rings is 1. The van der Waals surface area contributed by atoms with Gasteiger partial charge in [0.15, 0.2) is 5.60 Å². The standard InChI is InChI=1S/C56H74N8O8/c1-11-47(66)62-22-20-56(70,31-62)53(69)61(9)49(35(3)4)51(67)58-45-24-37-15-13-16-38(23-37)39-17-18-46-42(25-39)44(27-54(6,7)33-72-34-55(32-65)19-14-21-64(59-55)52(45)68)50(63(46)12-2)43-26-40(41-29-60(8)30-41)28-57-48(43)36(5)71-10/h11,13,15-18,23,25-26,28,32,35-36,41,45,49,59,70H,1,12,14,19-22,24,27,29-31,33-34H2,2-10H3,(H,58,67)/t36-,45-,49-,55-,56?/m0/s1. The van der Waals surface area contributed by atoms with Crippen molar-refractivity contribution in [3.8, 4) is 22.4 Å². The fourth-order valence-corrected chi connectivity index (χ4v) is 11.5. The number of benzene rings is 2. The summed E-state index contributed by atoms with van der Waals surface area (Å²) in [6.45, 7) is 18.9. The number of methoxy groups -OCH3 is 1. The Morgan fingerprint density at radius 3 is 2.50 bits per heavy atom. The number of aliphatic hydroxyl groups is 1. The van der Waals surface area contributed by atoms with E-state index in [1.807, 2.05) is 37.4 Å². The molecule has 3 fully saturated rings.